The van der Waals surface area contributed by atoms with Crippen molar-refractivity contribution in [2.45, 2.75) is 65.5 Å². The molecule has 0 fully saturated rings. The van der Waals surface area contributed by atoms with Crippen molar-refractivity contribution in [2.24, 2.45) is 0 Å². The van der Waals surface area contributed by atoms with Crippen molar-refractivity contribution in [2.75, 3.05) is 26.8 Å². The average Bonchev–Trinajstić information content (AvgIpc) is 2.82. The van der Waals surface area contributed by atoms with Crippen LogP contribution in [0.1, 0.15) is 53.4 Å². The van der Waals surface area contributed by atoms with Gasteiger partial charge in [-0.15, -0.1) is 0 Å². The molecule has 0 saturated carbocycles. The van der Waals surface area contributed by atoms with E-state index in [0.29, 0.717) is 37.0 Å². The summed E-state index contributed by atoms with van der Waals surface area (Å²) in [7, 11) is 1.40. The highest BCUT2D eigenvalue weighted by Crippen LogP contribution is 2.25. The van der Waals surface area contributed by atoms with Crippen LogP contribution < -0.4 is 10.1 Å². The zero-order chi connectivity index (χ0) is 24.9. The highest BCUT2D eigenvalue weighted by atomic mass is 16.5. The molecule has 0 heterocycles. The van der Waals surface area contributed by atoms with Gasteiger partial charge < -0.3 is 14.8 Å². The van der Waals surface area contributed by atoms with Crippen LogP contribution in [0.3, 0.4) is 0 Å². The van der Waals surface area contributed by atoms with Crippen LogP contribution in [0.25, 0.3) is 10.8 Å². The standard InChI is InChI=1S/C28H40N2O4/c1-21(2)30(22(3)4)19-18-29-28(32)24(13-7-6-8-17-27(31)33-5)20-34-26-16-11-14-23-12-9-10-15-25(23)26/h9-16,21-22H,6-8,17-20H2,1-5H3,(H,29,32). The van der Waals surface area contributed by atoms with Crippen molar-refractivity contribution in [1.82, 2.24) is 10.2 Å². The van der Waals surface area contributed by atoms with Crippen molar-refractivity contribution < 1.29 is 19.1 Å². The third kappa shape index (κ3) is 8.82. The Bertz CT molecular complexity index is 939. The van der Waals surface area contributed by atoms with E-state index in [9.17, 15) is 9.59 Å². The fourth-order valence-corrected chi connectivity index (χ4v) is 4.01. The summed E-state index contributed by atoms with van der Waals surface area (Å²) in [6.45, 7) is 10.2. The summed E-state index contributed by atoms with van der Waals surface area (Å²) in [5.74, 6) is 0.440. The lowest BCUT2D eigenvalue weighted by molar-refractivity contribution is -0.140. The monoisotopic (exact) mass is 468 g/mol. The Morgan fingerprint density at radius 3 is 2.41 bits per heavy atom. The smallest absolute Gasteiger partial charge is 0.305 e. The molecule has 1 N–H and O–H groups in total. The summed E-state index contributed by atoms with van der Waals surface area (Å²) in [6.07, 6.45) is 4.54. The number of nitrogens with zero attached hydrogens (tertiary/aromatic N) is 1. The van der Waals surface area contributed by atoms with Gasteiger partial charge in [-0.3, -0.25) is 14.5 Å². The number of amides is 1. The third-order valence-electron chi connectivity index (χ3n) is 5.86. The topological polar surface area (TPSA) is 67.9 Å². The SMILES string of the molecule is COC(=O)CCCCC=C(COc1cccc2ccccc12)C(=O)NCCN(C(C)C)C(C)C. The number of benzene rings is 2. The number of ether oxygens (including phenoxy) is 2. The van der Waals surface area contributed by atoms with E-state index < -0.39 is 0 Å². The van der Waals surface area contributed by atoms with Crippen molar-refractivity contribution in [3.63, 3.8) is 0 Å². The molecule has 0 aromatic heterocycles. The fraction of sp³-hybridized carbons (Fsp3) is 0.500. The van der Waals surface area contributed by atoms with Gasteiger partial charge in [-0.05, 0) is 58.4 Å². The first-order chi connectivity index (χ1) is 16.3. The second-order valence-electron chi connectivity index (χ2n) is 9.00. The Labute approximate surface area is 204 Å². The molecule has 34 heavy (non-hydrogen) atoms. The van der Waals surface area contributed by atoms with Gasteiger partial charge in [-0.25, -0.2) is 0 Å². The normalized spacial score (nSPS) is 11.9. The average molecular weight is 469 g/mol. The van der Waals surface area contributed by atoms with Crippen molar-refractivity contribution >= 4 is 22.6 Å². The molecule has 2 aromatic rings. The number of carbonyl (C=O) groups is 2. The number of methoxy groups -OCH3 is 1. The molecule has 0 aliphatic heterocycles. The highest BCUT2D eigenvalue weighted by Gasteiger charge is 2.15. The van der Waals surface area contributed by atoms with E-state index in [4.69, 9.17) is 9.47 Å². The molecular formula is C28H40N2O4. The van der Waals surface area contributed by atoms with E-state index in [1.165, 1.54) is 7.11 Å². The number of carbonyl (C=O) groups excluding carboxylic acids is 2. The Kier molecular flexibility index (Phi) is 11.6. The molecule has 0 aliphatic carbocycles. The number of nitrogens with one attached hydrogen (secondary N) is 1. The van der Waals surface area contributed by atoms with Crippen LogP contribution in [0.5, 0.6) is 5.75 Å². The van der Waals surface area contributed by atoms with Gasteiger partial charge in [0.05, 0.1) is 12.7 Å². The van der Waals surface area contributed by atoms with Crippen LogP contribution in [0.2, 0.25) is 0 Å². The first-order valence-corrected chi connectivity index (χ1v) is 12.2. The zero-order valence-electron chi connectivity index (χ0n) is 21.3. The van der Waals surface area contributed by atoms with E-state index >= 15 is 0 Å². The van der Waals surface area contributed by atoms with E-state index in [0.717, 1.165) is 35.9 Å². The highest BCUT2D eigenvalue weighted by molar-refractivity contribution is 5.94. The number of fused-ring (bicyclic) bond motifs is 1. The van der Waals surface area contributed by atoms with Gasteiger partial charge in [0.2, 0.25) is 5.91 Å². The molecule has 0 atom stereocenters. The molecule has 6 heteroatoms. The minimum absolute atomic E-state index is 0.110. The summed E-state index contributed by atoms with van der Waals surface area (Å²) in [6, 6.07) is 14.8. The van der Waals surface area contributed by atoms with Crippen LogP contribution in [-0.2, 0) is 14.3 Å². The van der Waals surface area contributed by atoms with Crippen LogP contribution in [0, 0.1) is 0 Å². The van der Waals surface area contributed by atoms with E-state index in [2.05, 4.69) is 37.9 Å². The molecule has 0 saturated heterocycles. The summed E-state index contributed by atoms with van der Waals surface area (Å²) >= 11 is 0. The molecule has 2 aromatic carbocycles. The molecule has 2 rings (SSSR count). The Balaban J connectivity index is 2.03. The molecule has 0 aliphatic rings. The zero-order valence-corrected chi connectivity index (χ0v) is 21.3. The second-order valence-corrected chi connectivity index (χ2v) is 9.00. The third-order valence-corrected chi connectivity index (χ3v) is 5.86. The van der Waals surface area contributed by atoms with Gasteiger partial charge in [0.25, 0.3) is 0 Å². The second kappa shape index (κ2) is 14.4. The Hall–Kier alpha value is -2.86. The van der Waals surface area contributed by atoms with Gasteiger partial charge in [-0.1, -0.05) is 42.5 Å². The molecule has 1 amide bonds. The molecule has 0 bridgehead atoms. The van der Waals surface area contributed by atoms with Crippen LogP contribution in [0.15, 0.2) is 54.1 Å². The minimum atomic E-state index is -0.207. The Morgan fingerprint density at radius 1 is 1.00 bits per heavy atom. The lowest BCUT2D eigenvalue weighted by Gasteiger charge is -2.30. The maximum atomic E-state index is 13.0. The van der Waals surface area contributed by atoms with Gasteiger partial charge in [0.15, 0.2) is 0 Å². The minimum Gasteiger partial charge on any atom is -0.488 e. The Morgan fingerprint density at radius 2 is 1.71 bits per heavy atom. The number of hydrogen-bond acceptors (Lipinski definition) is 5. The van der Waals surface area contributed by atoms with E-state index in [-0.39, 0.29) is 18.5 Å². The summed E-state index contributed by atoms with van der Waals surface area (Å²) in [4.78, 5) is 26.7. The molecular weight excluding hydrogens is 428 g/mol. The summed E-state index contributed by atoms with van der Waals surface area (Å²) in [5, 5.41) is 5.18. The fourth-order valence-electron chi connectivity index (χ4n) is 4.01. The molecule has 186 valence electrons. The molecule has 6 nitrogen and oxygen atoms in total. The van der Waals surface area contributed by atoms with Crippen molar-refractivity contribution in [1.29, 1.82) is 0 Å². The molecule has 0 radical (unpaired) electrons. The first kappa shape index (κ1) is 27.4. The number of allylic oxidation sites excluding steroid dienone is 1. The van der Waals surface area contributed by atoms with Crippen molar-refractivity contribution in [3.8, 4) is 5.75 Å². The van der Waals surface area contributed by atoms with Crippen LogP contribution in [-0.4, -0.2) is 55.7 Å². The lowest BCUT2D eigenvalue weighted by Crippen LogP contribution is -2.43. The number of esters is 1. The predicted molar refractivity (Wildman–Crippen MR) is 138 cm³/mol. The quantitative estimate of drug-likeness (QED) is 0.237. The van der Waals surface area contributed by atoms with Gasteiger partial charge in [-0.2, -0.15) is 0 Å². The van der Waals surface area contributed by atoms with Crippen LogP contribution in [0.4, 0.5) is 0 Å². The van der Waals surface area contributed by atoms with Gasteiger partial charge in [0, 0.05) is 37.0 Å². The number of rotatable bonds is 14. The maximum absolute atomic E-state index is 13.0. The largest absolute Gasteiger partial charge is 0.488 e. The van der Waals surface area contributed by atoms with Gasteiger partial charge in [0.1, 0.15) is 12.4 Å². The van der Waals surface area contributed by atoms with Crippen molar-refractivity contribution in [3.05, 3.63) is 54.1 Å². The van der Waals surface area contributed by atoms with E-state index in [1.807, 2.05) is 48.5 Å². The lowest BCUT2D eigenvalue weighted by atomic mass is 10.1. The first-order valence-electron chi connectivity index (χ1n) is 12.2. The molecule has 0 unspecified atom stereocenters. The summed E-state index contributed by atoms with van der Waals surface area (Å²) < 4.78 is 10.8. The van der Waals surface area contributed by atoms with Crippen LogP contribution >= 0.6 is 0 Å². The number of hydrogen-bond donors (Lipinski definition) is 1. The predicted octanol–water partition coefficient (Wildman–Crippen LogP) is 5.11. The summed E-state index contributed by atoms with van der Waals surface area (Å²) in [5.41, 5.74) is 0.603. The van der Waals surface area contributed by atoms with E-state index in [1.54, 1.807) is 0 Å². The number of unbranched alkanes of at least 4 members (excludes halogenated alkanes) is 2. The maximum Gasteiger partial charge on any atom is 0.305 e. The van der Waals surface area contributed by atoms with Gasteiger partial charge >= 0.3 is 5.97 Å². The molecule has 0 spiro atoms.